The Morgan fingerprint density at radius 2 is 1.82 bits per heavy atom. The number of ether oxygens (including phenoxy) is 2. The van der Waals surface area contributed by atoms with Gasteiger partial charge >= 0.3 is 5.97 Å². The second kappa shape index (κ2) is 14.2. The fourth-order valence-corrected chi connectivity index (χ4v) is 8.63. The largest absolute Gasteiger partial charge is 0.497 e. The predicted octanol–water partition coefficient (Wildman–Crippen LogP) is 8.19. The van der Waals surface area contributed by atoms with E-state index in [1.807, 2.05) is 11.6 Å². The van der Waals surface area contributed by atoms with E-state index in [1.54, 1.807) is 12.5 Å². The molecule has 3 aliphatic carbocycles. The molecule has 5 heteroatoms. The molecule has 224 valence electrons. The van der Waals surface area contributed by atoms with Crippen molar-refractivity contribution < 1.29 is 19.1 Å². The molecular weight excluding hydrogens is 498 g/mol. The lowest BCUT2D eigenvalue weighted by Gasteiger charge is -2.53. The second-order valence-electron chi connectivity index (χ2n) is 13.8. The molecule has 1 amide bonds. The highest BCUT2D eigenvalue weighted by Crippen LogP contribution is 2.64. The van der Waals surface area contributed by atoms with E-state index in [1.165, 1.54) is 82.3 Å². The lowest BCUT2D eigenvalue weighted by Crippen LogP contribution is -2.45. The Labute approximate surface area is 243 Å². The average Bonchev–Trinajstić information content (AvgIpc) is 3.25. The summed E-state index contributed by atoms with van der Waals surface area (Å²) in [5, 5.41) is 0. The molecule has 0 aromatic rings. The minimum Gasteiger partial charge on any atom is -0.497 e. The van der Waals surface area contributed by atoms with E-state index in [2.05, 4.69) is 27.0 Å². The molecule has 2 fully saturated rings. The molecule has 0 aromatic heterocycles. The summed E-state index contributed by atoms with van der Waals surface area (Å²) in [5.74, 6) is 2.57. The summed E-state index contributed by atoms with van der Waals surface area (Å²) in [7, 11) is 0. The zero-order valence-corrected chi connectivity index (χ0v) is 25.7. The standard InChI is InChI=1S/C35H55NO4/c1-24(2)32-20-30-27(22-40-32)16-18-29-31-19-17-28(23-39-25(3)37)35(31,4)21-26(34(29)30)14-12-10-8-6-5-7-9-11-13-15-33(36)38/h13,15,22,24,26,28-29,31-32H,5-12,14,16-21,23H2,1-4H3,(H2,36,38)/t26-,28+,29?,31?,32?,35+/m0/s1. The van der Waals surface area contributed by atoms with Crippen molar-refractivity contribution in [2.75, 3.05) is 6.61 Å². The van der Waals surface area contributed by atoms with Gasteiger partial charge in [-0.1, -0.05) is 70.9 Å². The van der Waals surface area contributed by atoms with Crippen LogP contribution in [0.3, 0.4) is 0 Å². The third-order valence-corrected chi connectivity index (χ3v) is 10.8. The van der Waals surface area contributed by atoms with Gasteiger partial charge in [0, 0.05) is 13.3 Å². The van der Waals surface area contributed by atoms with Crippen LogP contribution >= 0.6 is 0 Å². The Balaban J connectivity index is 1.40. The quantitative estimate of drug-likeness (QED) is 0.134. The van der Waals surface area contributed by atoms with Crippen LogP contribution in [0.4, 0.5) is 0 Å². The monoisotopic (exact) mass is 553 g/mol. The molecule has 0 aromatic carbocycles. The Kier molecular flexibility index (Phi) is 11.0. The normalized spacial score (nSPS) is 31.4. The number of primary amides is 1. The van der Waals surface area contributed by atoms with Gasteiger partial charge in [-0.15, -0.1) is 0 Å². The number of fused-ring (bicyclic) bond motifs is 4. The van der Waals surface area contributed by atoms with E-state index in [0.717, 1.165) is 25.7 Å². The Morgan fingerprint density at radius 1 is 1.10 bits per heavy atom. The minimum atomic E-state index is -0.352. The van der Waals surface area contributed by atoms with E-state index >= 15 is 0 Å². The van der Waals surface area contributed by atoms with Crippen LogP contribution in [0.15, 0.2) is 35.1 Å². The molecule has 4 rings (SSSR count). The first kappa shape index (κ1) is 30.9. The number of esters is 1. The highest BCUT2D eigenvalue weighted by Gasteiger charge is 2.56. The van der Waals surface area contributed by atoms with Crippen LogP contribution in [0, 0.1) is 35.0 Å². The van der Waals surface area contributed by atoms with Gasteiger partial charge in [0.2, 0.25) is 5.91 Å². The zero-order valence-electron chi connectivity index (χ0n) is 25.7. The van der Waals surface area contributed by atoms with Gasteiger partial charge in [-0.25, -0.2) is 0 Å². The fraction of sp³-hybridized carbons (Fsp3) is 0.771. The summed E-state index contributed by atoms with van der Waals surface area (Å²) in [4.78, 5) is 22.5. The van der Waals surface area contributed by atoms with Crippen molar-refractivity contribution in [1.82, 2.24) is 0 Å². The molecule has 0 radical (unpaired) electrons. The van der Waals surface area contributed by atoms with Crippen LogP contribution in [-0.4, -0.2) is 24.6 Å². The van der Waals surface area contributed by atoms with Crippen molar-refractivity contribution in [3.63, 3.8) is 0 Å². The summed E-state index contributed by atoms with van der Waals surface area (Å²) in [5.41, 5.74) is 10.4. The van der Waals surface area contributed by atoms with Gasteiger partial charge in [-0.2, -0.15) is 0 Å². The van der Waals surface area contributed by atoms with E-state index in [4.69, 9.17) is 15.2 Å². The lowest BCUT2D eigenvalue weighted by molar-refractivity contribution is -0.144. The van der Waals surface area contributed by atoms with Gasteiger partial charge < -0.3 is 15.2 Å². The van der Waals surface area contributed by atoms with Crippen LogP contribution < -0.4 is 5.73 Å². The summed E-state index contributed by atoms with van der Waals surface area (Å²) in [6, 6.07) is 0. The maximum Gasteiger partial charge on any atom is 0.302 e. The number of hydrogen-bond donors (Lipinski definition) is 1. The predicted molar refractivity (Wildman–Crippen MR) is 161 cm³/mol. The summed E-state index contributed by atoms with van der Waals surface area (Å²) in [6.07, 6.45) is 24.1. The molecule has 5 nitrogen and oxygen atoms in total. The minimum absolute atomic E-state index is 0.140. The molecule has 2 N–H and O–H groups in total. The topological polar surface area (TPSA) is 78.6 Å². The second-order valence-corrected chi connectivity index (χ2v) is 13.8. The molecule has 0 spiro atoms. The molecule has 0 saturated heterocycles. The first-order chi connectivity index (χ1) is 19.2. The van der Waals surface area contributed by atoms with Crippen LogP contribution in [0.25, 0.3) is 0 Å². The third-order valence-electron chi connectivity index (χ3n) is 10.8. The number of amides is 1. The summed E-state index contributed by atoms with van der Waals surface area (Å²) in [6.45, 7) is 9.27. The number of rotatable bonds is 14. The number of hydrogen-bond acceptors (Lipinski definition) is 4. The SMILES string of the molecule is CC(=O)OC[C@H]1CCC2C3CCC4=COC(C(C)C)CC4=C3[C@@H](CCCCCCCCCC=CC(N)=O)C[C@@]21C. The van der Waals surface area contributed by atoms with Gasteiger partial charge in [0.1, 0.15) is 6.10 Å². The molecule has 0 bridgehead atoms. The zero-order chi connectivity index (χ0) is 28.7. The van der Waals surface area contributed by atoms with Gasteiger partial charge in [-0.3, -0.25) is 9.59 Å². The molecule has 40 heavy (non-hydrogen) atoms. The highest BCUT2D eigenvalue weighted by molar-refractivity contribution is 5.85. The highest BCUT2D eigenvalue weighted by atomic mass is 16.5. The van der Waals surface area contributed by atoms with Crippen molar-refractivity contribution in [3.8, 4) is 0 Å². The molecule has 2 saturated carbocycles. The first-order valence-corrected chi connectivity index (χ1v) is 16.4. The van der Waals surface area contributed by atoms with Crippen LogP contribution in [0.2, 0.25) is 0 Å². The van der Waals surface area contributed by atoms with Crippen LogP contribution in [0.5, 0.6) is 0 Å². The van der Waals surface area contributed by atoms with E-state index < -0.39 is 0 Å². The van der Waals surface area contributed by atoms with E-state index in [-0.39, 0.29) is 17.3 Å². The van der Waals surface area contributed by atoms with Gasteiger partial charge in [0.25, 0.3) is 0 Å². The first-order valence-electron chi connectivity index (χ1n) is 16.4. The van der Waals surface area contributed by atoms with Crippen molar-refractivity contribution in [3.05, 3.63) is 35.1 Å². The molecule has 4 aliphatic rings. The molecule has 1 aliphatic heterocycles. The molecule has 1 heterocycles. The fourth-order valence-electron chi connectivity index (χ4n) is 8.63. The van der Waals surface area contributed by atoms with Gasteiger partial charge in [-0.05, 0) is 104 Å². The lowest BCUT2D eigenvalue weighted by atomic mass is 9.52. The smallest absolute Gasteiger partial charge is 0.302 e. The number of nitrogens with two attached hydrogens (primary N) is 1. The van der Waals surface area contributed by atoms with Crippen molar-refractivity contribution in [2.24, 2.45) is 40.7 Å². The Morgan fingerprint density at radius 3 is 2.52 bits per heavy atom. The summed E-state index contributed by atoms with van der Waals surface area (Å²) < 4.78 is 11.8. The van der Waals surface area contributed by atoms with E-state index in [9.17, 15) is 9.59 Å². The van der Waals surface area contributed by atoms with Gasteiger partial charge in [0.05, 0.1) is 12.9 Å². The number of allylic oxidation sites excluding steroid dienone is 3. The Bertz CT molecular complexity index is 978. The van der Waals surface area contributed by atoms with Crippen molar-refractivity contribution in [1.29, 1.82) is 0 Å². The maximum atomic E-state index is 11.7. The number of unbranched alkanes of at least 4 members (excludes halogenated alkanes) is 7. The number of carbonyl (C=O) groups is 2. The number of carbonyl (C=O) groups excluding carboxylic acids is 2. The van der Waals surface area contributed by atoms with E-state index in [0.29, 0.717) is 42.3 Å². The van der Waals surface area contributed by atoms with Gasteiger partial charge in [0.15, 0.2) is 0 Å². The summed E-state index contributed by atoms with van der Waals surface area (Å²) >= 11 is 0. The molecular formula is C35H55NO4. The Hall–Kier alpha value is -2.04. The van der Waals surface area contributed by atoms with Crippen LogP contribution in [-0.2, 0) is 19.1 Å². The average molecular weight is 554 g/mol. The third kappa shape index (κ3) is 7.42. The molecule has 3 unspecified atom stereocenters. The maximum absolute atomic E-state index is 11.7. The van der Waals surface area contributed by atoms with Crippen molar-refractivity contribution >= 4 is 11.9 Å². The van der Waals surface area contributed by atoms with Crippen LogP contribution in [0.1, 0.15) is 124 Å². The molecule has 6 atom stereocenters. The van der Waals surface area contributed by atoms with Crippen molar-refractivity contribution in [2.45, 2.75) is 130 Å².